The molecule has 0 bridgehead atoms. The molecular weight excluding hydrogens is 200 g/mol. The summed E-state index contributed by atoms with van der Waals surface area (Å²) in [4.78, 5) is 4.21. The summed E-state index contributed by atoms with van der Waals surface area (Å²) < 4.78 is 5.62. The Labute approximate surface area is 93.4 Å². The minimum Gasteiger partial charge on any atom is -0.439 e. The Morgan fingerprint density at radius 1 is 1.06 bits per heavy atom. The molecule has 0 fully saturated rings. The first kappa shape index (κ1) is 8.97. The summed E-state index contributed by atoms with van der Waals surface area (Å²) in [6.45, 7) is 0. The molecule has 0 unspecified atom stereocenters. The van der Waals surface area contributed by atoms with Gasteiger partial charge in [0.25, 0.3) is 0 Å². The van der Waals surface area contributed by atoms with Crippen LogP contribution in [-0.2, 0) is 0 Å². The Balaban J connectivity index is 1.89. The Morgan fingerprint density at radius 3 is 2.75 bits per heavy atom. The number of aromatic nitrogens is 1. The number of nitrogens with zero attached hydrogens (tertiary/aromatic N) is 1. The smallest absolute Gasteiger partial charge is 0.200 e. The molecule has 1 aromatic carbocycles. The molecular formula is C13H10N2O. The average Bonchev–Trinajstić information content (AvgIpc) is 2.72. The summed E-state index contributed by atoms with van der Waals surface area (Å²) in [5.74, 6) is 1.56. The molecule has 1 N–H and O–H groups in total. The fraction of sp³-hybridized carbons (Fsp3) is 0. The van der Waals surface area contributed by atoms with E-state index < -0.39 is 0 Å². The average molecular weight is 210 g/mol. The molecule has 2 heterocycles. The molecule has 3 nitrogen and oxygen atoms in total. The fourth-order valence-electron chi connectivity index (χ4n) is 1.60. The van der Waals surface area contributed by atoms with Gasteiger partial charge in [-0.1, -0.05) is 18.2 Å². The number of fused-ring (bicyclic) bond motifs is 1. The van der Waals surface area contributed by atoms with Gasteiger partial charge >= 0.3 is 0 Å². The third kappa shape index (κ3) is 1.63. The predicted molar refractivity (Wildman–Crippen MR) is 62.9 cm³/mol. The number of ether oxygens (including phenoxy) is 1. The highest BCUT2D eigenvalue weighted by Crippen LogP contribution is 2.32. The molecule has 78 valence electrons. The van der Waals surface area contributed by atoms with Crippen LogP contribution in [0.4, 0.5) is 5.69 Å². The van der Waals surface area contributed by atoms with Crippen molar-refractivity contribution in [3.05, 3.63) is 60.2 Å². The lowest BCUT2D eigenvalue weighted by molar-refractivity contribution is 0.462. The number of nitrogens with one attached hydrogen (secondary N) is 1. The number of benzene rings is 1. The van der Waals surface area contributed by atoms with E-state index in [9.17, 15) is 0 Å². The third-order valence-electron chi connectivity index (χ3n) is 2.33. The first-order valence-corrected chi connectivity index (χ1v) is 5.08. The summed E-state index contributed by atoms with van der Waals surface area (Å²) in [5.41, 5.74) is 1.86. The zero-order valence-corrected chi connectivity index (χ0v) is 8.55. The third-order valence-corrected chi connectivity index (χ3v) is 2.33. The van der Waals surface area contributed by atoms with Gasteiger partial charge in [0.05, 0.1) is 11.4 Å². The van der Waals surface area contributed by atoms with Gasteiger partial charge in [-0.3, -0.25) is 4.98 Å². The molecule has 0 atom stereocenters. The highest BCUT2D eigenvalue weighted by molar-refractivity contribution is 5.67. The van der Waals surface area contributed by atoms with Crippen molar-refractivity contribution in [3.63, 3.8) is 0 Å². The van der Waals surface area contributed by atoms with E-state index >= 15 is 0 Å². The second-order valence-corrected chi connectivity index (χ2v) is 3.49. The molecule has 0 spiro atoms. The SMILES string of the molecule is C(=C1Nc2ccccc2O1)c1ccccn1. The van der Waals surface area contributed by atoms with Crippen molar-refractivity contribution in [1.82, 2.24) is 4.98 Å². The van der Waals surface area contributed by atoms with E-state index in [1.54, 1.807) is 6.20 Å². The molecule has 0 aliphatic carbocycles. The van der Waals surface area contributed by atoms with E-state index in [0.29, 0.717) is 5.88 Å². The second-order valence-electron chi connectivity index (χ2n) is 3.49. The minimum atomic E-state index is 0.708. The van der Waals surface area contributed by atoms with Gasteiger partial charge in [0.15, 0.2) is 11.6 Å². The van der Waals surface area contributed by atoms with Gasteiger partial charge in [0.2, 0.25) is 0 Å². The maximum absolute atomic E-state index is 5.62. The Morgan fingerprint density at radius 2 is 1.94 bits per heavy atom. The lowest BCUT2D eigenvalue weighted by Crippen LogP contribution is -1.96. The van der Waals surface area contributed by atoms with E-state index in [-0.39, 0.29) is 0 Å². The molecule has 1 aliphatic rings. The number of hydrogen-bond donors (Lipinski definition) is 1. The molecule has 3 rings (SSSR count). The highest BCUT2D eigenvalue weighted by atomic mass is 16.5. The van der Waals surface area contributed by atoms with Gasteiger partial charge in [-0.25, -0.2) is 0 Å². The van der Waals surface area contributed by atoms with Crippen LogP contribution in [-0.4, -0.2) is 4.98 Å². The monoisotopic (exact) mass is 210 g/mol. The molecule has 16 heavy (non-hydrogen) atoms. The highest BCUT2D eigenvalue weighted by Gasteiger charge is 2.14. The van der Waals surface area contributed by atoms with Gasteiger partial charge in [0, 0.05) is 12.3 Å². The summed E-state index contributed by atoms with van der Waals surface area (Å²) in [7, 11) is 0. The van der Waals surface area contributed by atoms with Gasteiger partial charge in [0.1, 0.15) is 0 Å². The van der Waals surface area contributed by atoms with E-state index in [4.69, 9.17) is 4.74 Å². The summed E-state index contributed by atoms with van der Waals surface area (Å²) in [6.07, 6.45) is 3.63. The number of rotatable bonds is 1. The number of para-hydroxylation sites is 2. The maximum Gasteiger partial charge on any atom is 0.200 e. The molecule has 0 saturated carbocycles. The van der Waals surface area contributed by atoms with Crippen molar-refractivity contribution in [2.45, 2.75) is 0 Å². The van der Waals surface area contributed by atoms with Crippen LogP contribution in [0.1, 0.15) is 5.69 Å². The van der Waals surface area contributed by atoms with Gasteiger partial charge < -0.3 is 10.1 Å². The van der Waals surface area contributed by atoms with E-state index in [0.717, 1.165) is 17.1 Å². The molecule has 0 saturated heterocycles. The summed E-state index contributed by atoms with van der Waals surface area (Å²) >= 11 is 0. The van der Waals surface area contributed by atoms with Crippen LogP contribution >= 0.6 is 0 Å². The van der Waals surface area contributed by atoms with Crippen LogP contribution in [0.5, 0.6) is 5.75 Å². The van der Waals surface area contributed by atoms with Crippen molar-refractivity contribution >= 4 is 11.8 Å². The molecule has 0 amide bonds. The Kier molecular flexibility index (Phi) is 2.07. The largest absolute Gasteiger partial charge is 0.439 e. The standard InChI is InChI=1S/C13H10N2O/c1-2-7-12-11(6-1)15-13(16-12)9-10-5-3-4-8-14-10/h1-9,15H. The Bertz CT molecular complexity index is 508. The van der Waals surface area contributed by atoms with Crippen molar-refractivity contribution in [2.75, 3.05) is 5.32 Å². The quantitative estimate of drug-likeness (QED) is 0.785. The maximum atomic E-state index is 5.62. The first-order chi connectivity index (χ1) is 7.92. The molecule has 0 radical (unpaired) electrons. The second kappa shape index (κ2) is 3.70. The molecule has 3 heteroatoms. The number of pyridine rings is 1. The van der Waals surface area contributed by atoms with Crippen molar-refractivity contribution < 1.29 is 4.74 Å². The van der Waals surface area contributed by atoms with Crippen LogP contribution in [0.3, 0.4) is 0 Å². The van der Waals surface area contributed by atoms with Crippen LogP contribution < -0.4 is 10.1 Å². The zero-order chi connectivity index (χ0) is 10.8. The molecule has 2 aromatic rings. The van der Waals surface area contributed by atoms with E-state index in [1.165, 1.54) is 0 Å². The fourth-order valence-corrected chi connectivity index (χ4v) is 1.60. The predicted octanol–water partition coefficient (Wildman–Crippen LogP) is 2.88. The summed E-state index contributed by atoms with van der Waals surface area (Å²) in [6, 6.07) is 13.6. The van der Waals surface area contributed by atoms with Crippen molar-refractivity contribution in [3.8, 4) is 5.75 Å². The van der Waals surface area contributed by atoms with Gasteiger partial charge in [-0.2, -0.15) is 0 Å². The first-order valence-electron chi connectivity index (χ1n) is 5.08. The van der Waals surface area contributed by atoms with Crippen molar-refractivity contribution in [1.29, 1.82) is 0 Å². The summed E-state index contributed by atoms with van der Waals surface area (Å²) in [5, 5.41) is 3.18. The van der Waals surface area contributed by atoms with Crippen LogP contribution in [0, 0.1) is 0 Å². The molecule has 1 aliphatic heterocycles. The number of hydrogen-bond acceptors (Lipinski definition) is 3. The van der Waals surface area contributed by atoms with Crippen LogP contribution in [0.2, 0.25) is 0 Å². The zero-order valence-electron chi connectivity index (χ0n) is 8.55. The lowest BCUT2D eigenvalue weighted by Gasteiger charge is -1.97. The van der Waals surface area contributed by atoms with Gasteiger partial charge in [-0.05, 0) is 24.3 Å². The van der Waals surface area contributed by atoms with Crippen molar-refractivity contribution in [2.24, 2.45) is 0 Å². The topological polar surface area (TPSA) is 34.1 Å². The van der Waals surface area contributed by atoms with E-state index in [1.807, 2.05) is 48.5 Å². The van der Waals surface area contributed by atoms with Gasteiger partial charge in [-0.15, -0.1) is 0 Å². The van der Waals surface area contributed by atoms with E-state index in [2.05, 4.69) is 10.3 Å². The number of anilines is 1. The van der Waals surface area contributed by atoms with Crippen LogP contribution in [0.25, 0.3) is 6.08 Å². The van der Waals surface area contributed by atoms with Crippen LogP contribution in [0.15, 0.2) is 54.5 Å². The Hall–Kier alpha value is -2.29. The lowest BCUT2D eigenvalue weighted by atomic mass is 10.3. The minimum absolute atomic E-state index is 0.708. The normalized spacial score (nSPS) is 15.4. The molecule has 1 aromatic heterocycles.